The Morgan fingerprint density at radius 3 is 2.60 bits per heavy atom. The third-order valence-corrected chi connectivity index (χ3v) is 3.17. The van der Waals surface area contributed by atoms with Crippen LogP contribution >= 0.6 is 11.6 Å². The minimum Gasteiger partial charge on any atom is -0.467 e. The highest BCUT2D eigenvalue weighted by Crippen LogP contribution is 2.17. The summed E-state index contributed by atoms with van der Waals surface area (Å²) in [5.41, 5.74) is 1.86. The van der Waals surface area contributed by atoms with Crippen molar-refractivity contribution in [3.8, 4) is 0 Å². The van der Waals surface area contributed by atoms with Crippen LogP contribution in [0.2, 0.25) is 5.02 Å². The first kappa shape index (κ1) is 14.4. The van der Waals surface area contributed by atoms with Crippen LogP contribution in [0.15, 0.2) is 54.6 Å². The molecule has 1 N–H and O–H groups in total. The highest BCUT2D eigenvalue weighted by Gasteiger charge is 2.19. The van der Waals surface area contributed by atoms with E-state index in [1.54, 1.807) is 12.1 Å². The normalized spacial score (nSPS) is 11.7. The summed E-state index contributed by atoms with van der Waals surface area (Å²) in [6, 6.07) is 16.6. The molecule has 0 fully saturated rings. The van der Waals surface area contributed by atoms with Gasteiger partial charge in [-0.15, -0.1) is 0 Å². The van der Waals surface area contributed by atoms with Gasteiger partial charge in [-0.1, -0.05) is 48.0 Å². The molecule has 2 rings (SSSR count). The van der Waals surface area contributed by atoms with Crippen molar-refractivity contribution in [1.29, 1.82) is 0 Å². The number of halogens is 1. The number of hydrogen-bond donors (Lipinski definition) is 1. The number of esters is 1. The molecular weight excluding hydrogens is 274 g/mol. The molecule has 104 valence electrons. The van der Waals surface area contributed by atoms with Crippen LogP contribution in [0.1, 0.15) is 5.56 Å². The second kappa shape index (κ2) is 6.96. The van der Waals surface area contributed by atoms with Crippen molar-refractivity contribution >= 4 is 23.3 Å². The molecule has 0 radical (unpaired) electrons. The molecule has 0 heterocycles. The molecule has 20 heavy (non-hydrogen) atoms. The van der Waals surface area contributed by atoms with Gasteiger partial charge in [-0.3, -0.25) is 0 Å². The number of methoxy groups -OCH3 is 1. The van der Waals surface area contributed by atoms with Gasteiger partial charge in [0.15, 0.2) is 0 Å². The van der Waals surface area contributed by atoms with Crippen LogP contribution in [0.3, 0.4) is 0 Å². The van der Waals surface area contributed by atoms with E-state index in [1.165, 1.54) is 7.11 Å². The van der Waals surface area contributed by atoms with Crippen LogP contribution in [-0.2, 0) is 16.0 Å². The Hall–Kier alpha value is -2.00. The highest BCUT2D eigenvalue weighted by atomic mass is 35.5. The number of hydrogen-bond acceptors (Lipinski definition) is 3. The van der Waals surface area contributed by atoms with Crippen LogP contribution in [0.25, 0.3) is 0 Å². The zero-order valence-corrected chi connectivity index (χ0v) is 11.9. The standard InChI is InChI=1S/C16H16ClNO2/c1-20-16(19)15(10-12-6-3-2-4-7-12)18-14-9-5-8-13(17)11-14/h2-9,11,15,18H,10H2,1H3. The fraction of sp³-hybridized carbons (Fsp3) is 0.188. The Bertz CT molecular complexity index is 572. The van der Waals surface area contributed by atoms with Crippen molar-refractivity contribution in [2.24, 2.45) is 0 Å². The zero-order valence-electron chi connectivity index (χ0n) is 11.2. The first-order valence-corrected chi connectivity index (χ1v) is 6.70. The monoisotopic (exact) mass is 289 g/mol. The maximum atomic E-state index is 11.9. The van der Waals surface area contributed by atoms with Crippen molar-refractivity contribution in [2.75, 3.05) is 12.4 Å². The molecule has 1 unspecified atom stereocenters. The van der Waals surface area contributed by atoms with Gasteiger partial charge in [0.2, 0.25) is 0 Å². The number of nitrogens with one attached hydrogen (secondary N) is 1. The van der Waals surface area contributed by atoms with Gasteiger partial charge in [-0.25, -0.2) is 4.79 Å². The Kier molecular flexibility index (Phi) is 5.02. The number of rotatable bonds is 5. The van der Waals surface area contributed by atoms with Gasteiger partial charge in [0.1, 0.15) is 6.04 Å². The molecule has 2 aromatic carbocycles. The second-order valence-electron chi connectivity index (χ2n) is 4.42. The summed E-state index contributed by atoms with van der Waals surface area (Å²) in [5.74, 6) is -0.297. The zero-order chi connectivity index (χ0) is 14.4. The fourth-order valence-corrected chi connectivity index (χ4v) is 2.16. The summed E-state index contributed by atoms with van der Waals surface area (Å²) < 4.78 is 4.85. The lowest BCUT2D eigenvalue weighted by Crippen LogP contribution is -2.32. The van der Waals surface area contributed by atoms with Gasteiger partial charge in [-0.05, 0) is 23.8 Å². The molecule has 0 amide bonds. The van der Waals surface area contributed by atoms with Crippen LogP contribution in [0.4, 0.5) is 5.69 Å². The van der Waals surface area contributed by atoms with Gasteiger partial charge >= 0.3 is 5.97 Å². The van der Waals surface area contributed by atoms with Crippen molar-refractivity contribution in [3.63, 3.8) is 0 Å². The SMILES string of the molecule is COC(=O)C(Cc1ccccc1)Nc1cccc(Cl)c1. The van der Waals surface area contributed by atoms with Crippen molar-refractivity contribution in [2.45, 2.75) is 12.5 Å². The van der Waals surface area contributed by atoms with E-state index >= 15 is 0 Å². The van der Waals surface area contributed by atoms with E-state index in [2.05, 4.69) is 5.32 Å². The van der Waals surface area contributed by atoms with Gasteiger partial charge in [0.05, 0.1) is 7.11 Å². The van der Waals surface area contributed by atoms with Gasteiger partial charge < -0.3 is 10.1 Å². The molecule has 0 spiro atoms. The first-order chi connectivity index (χ1) is 9.69. The lowest BCUT2D eigenvalue weighted by molar-refractivity contribution is -0.141. The molecule has 0 saturated heterocycles. The molecule has 4 heteroatoms. The number of ether oxygens (including phenoxy) is 1. The maximum absolute atomic E-state index is 11.9. The van der Waals surface area contributed by atoms with Crippen molar-refractivity contribution < 1.29 is 9.53 Å². The predicted molar refractivity (Wildman–Crippen MR) is 81.0 cm³/mol. The van der Waals surface area contributed by atoms with Crippen LogP contribution < -0.4 is 5.32 Å². The number of benzene rings is 2. The Morgan fingerprint density at radius 1 is 1.20 bits per heavy atom. The number of anilines is 1. The molecule has 0 aliphatic heterocycles. The second-order valence-corrected chi connectivity index (χ2v) is 4.86. The molecular formula is C16H16ClNO2. The molecule has 2 aromatic rings. The summed E-state index contributed by atoms with van der Waals surface area (Å²) >= 11 is 5.95. The van der Waals surface area contributed by atoms with Crippen LogP contribution in [0, 0.1) is 0 Å². The van der Waals surface area contributed by atoms with Gasteiger partial charge in [-0.2, -0.15) is 0 Å². The van der Waals surface area contributed by atoms with Gasteiger partial charge in [0, 0.05) is 17.1 Å². The van der Waals surface area contributed by atoms with E-state index in [1.807, 2.05) is 42.5 Å². The fourth-order valence-electron chi connectivity index (χ4n) is 1.96. The lowest BCUT2D eigenvalue weighted by Gasteiger charge is -2.18. The average Bonchev–Trinajstić information content (AvgIpc) is 2.47. The largest absolute Gasteiger partial charge is 0.467 e. The highest BCUT2D eigenvalue weighted by molar-refractivity contribution is 6.30. The van der Waals surface area contributed by atoms with E-state index < -0.39 is 6.04 Å². The third-order valence-electron chi connectivity index (χ3n) is 2.93. The molecule has 0 aromatic heterocycles. The number of carbonyl (C=O) groups is 1. The van der Waals surface area contributed by atoms with Crippen LogP contribution in [0.5, 0.6) is 0 Å². The quantitative estimate of drug-likeness (QED) is 0.856. The lowest BCUT2D eigenvalue weighted by atomic mass is 10.1. The Labute approximate surface area is 123 Å². The average molecular weight is 290 g/mol. The number of carbonyl (C=O) groups excluding carboxylic acids is 1. The van der Waals surface area contributed by atoms with E-state index in [9.17, 15) is 4.79 Å². The Balaban J connectivity index is 2.14. The maximum Gasteiger partial charge on any atom is 0.328 e. The molecule has 1 atom stereocenters. The predicted octanol–water partition coefficient (Wildman–Crippen LogP) is 3.54. The van der Waals surface area contributed by atoms with Crippen molar-refractivity contribution in [3.05, 3.63) is 65.2 Å². The first-order valence-electron chi connectivity index (χ1n) is 6.33. The summed E-state index contributed by atoms with van der Waals surface area (Å²) in [6.07, 6.45) is 0.556. The van der Waals surface area contributed by atoms with E-state index in [4.69, 9.17) is 16.3 Å². The minimum absolute atomic E-state index is 0.297. The smallest absolute Gasteiger partial charge is 0.328 e. The molecule has 3 nitrogen and oxygen atoms in total. The summed E-state index contributed by atoms with van der Waals surface area (Å²) in [5, 5.41) is 3.78. The third kappa shape index (κ3) is 4.00. The van der Waals surface area contributed by atoms with E-state index in [-0.39, 0.29) is 5.97 Å². The van der Waals surface area contributed by atoms with Crippen molar-refractivity contribution in [1.82, 2.24) is 0 Å². The van der Waals surface area contributed by atoms with E-state index in [0.717, 1.165) is 11.3 Å². The summed E-state index contributed by atoms with van der Waals surface area (Å²) in [6.45, 7) is 0. The van der Waals surface area contributed by atoms with Crippen LogP contribution in [-0.4, -0.2) is 19.1 Å². The summed E-state index contributed by atoms with van der Waals surface area (Å²) in [7, 11) is 1.39. The molecule has 0 aliphatic carbocycles. The Morgan fingerprint density at radius 2 is 1.95 bits per heavy atom. The van der Waals surface area contributed by atoms with E-state index in [0.29, 0.717) is 11.4 Å². The summed E-state index contributed by atoms with van der Waals surface area (Å²) in [4.78, 5) is 11.9. The molecule has 0 bridgehead atoms. The topological polar surface area (TPSA) is 38.3 Å². The molecule has 0 saturated carbocycles. The molecule has 0 aliphatic rings. The minimum atomic E-state index is -0.444. The van der Waals surface area contributed by atoms with Gasteiger partial charge in [0.25, 0.3) is 0 Å².